The summed E-state index contributed by atoms with van der Waals surface area (Å²) in [4.78, 5) is 11.8. The van der Waals surface area contributed by atoms with E-state index in [2.05, 4.69) is 17.6 Å². The SMILES string of the molecule is CC1(CNC(=O)CCC2CCCN2)CCCC1. The van der Waals surface area contributed by atoms with Gasteiger partial charge in [-0.1, -0.05) is 19.8 Å². The maximum absolute atomic E-state index is 11.8. The van der Waals surface area contributed by atoms with Crippen molar-refractivity contribution < 1.29 is 4.79 Å². The van der Waals surface area contributed by atoms with Gasteiger partial charge in [0.2, 0.25) is 5.91 Å². The molecule has 1 amide bonds. The van der Waals surface area contributed by atoms with Crippen molar-refractivity contribution in [3.8, 4) is 0 Å². The van der Waals surface area contributed by atoms with Gasteiger partial charge in [-0.25, -0.2) is 0 Å². The van der Waals surface area contributed by atoms with Crippen LogP contribution in [0.15, 0.2) is 0 Å². The summed E-state index contributed by atoms with van der Waals surface area (Å²) in [5.41, 5.74) is 0.376. The van der Waals surface area contributed by atoms with Gasteiger partial charge in [-0.05, 0) is 44.1 Å². The third-order valence-corrected chi connectivity index (χ3v) is 4.41. The molecule has 1 aliphatic heterocycles. The zero-order valence-electron chi connectivity index (χ0n) is 11.1. The molecule has 0 bridgehead atoms. The topological polar surface area (TPSA) is 41.1 Å². The monoisotopic (exact) mass is 238 g/mol. The van der Waals surface area contributed by atoms with Crippen LogP contribution in [-0.2, 0) is 4.79 Å². The lowest BCUT2D eigenvalue weighted by Gasteiger charge is -2.23. The van der Waals surface area contributed by atoms with Gasteiger partial charge < -0.3 is 10.6 Å². The summed E-state index contributed by atoms with van der Waals surface area (Å²) in [5, 5.41) is 6.56. The maximum Gasteiger partial charge on any atom is 0.220 e. The fourth-order valence-corrected chi connectivity index (χ4v) is 3.11. The molecule has 2 N–H and O–H groups in total. The minimum absolute atomic E-state index is 0.242. The average Bonchev–Trinajstić information content (AvgIpc) is 2.95. The van der Waals surface area contributed by atoms with Crippen molar-refractivity contribution in [1.29, 1.82) is 0 Å². The lowest BCUT2D eigenvalue weighted by atomic mass is 9.89. The third-order valence-electron chi connectivity index (χ3n) is 4.41. The van der Waals surface area contributed by atoms with Crippen LogP contribution in [-0.4, -0.2) is 25.0 Å². The van der Waals surface area contributed by atoms with E-state index in [1.54, 1.807) is 0 Å². The minimum atomic E-state index is 0.242. The Kier molecular flexibility index (Phi) is 4.43. The zero-order valence-corrected chi connectivity index (χ0v) is 11.1. The van der Waals surface area contributed by atoms with E-state index in [0.29, 0.717) is 17.9 Å². The smallest absolute Gasteiger partial charge is 0.220 e. The lowest BCUT2D eigenvalue weighted by molar-refractivity contribution is -0.121. The van der Waals surface area contributed by atoms with Crippen LogP contribution < -0.4 is 10.6 Å². The van der Waals surface area contributed by atoms with Crippen molar-refractivity contribution in [3.05, 3.63) is 0 Å². The molecule has 1 heterocycles. The molecular weight excluding hydrogens is 212 g/mol. The molecule has 17 heavy (non-hydrogen) atoms. The van der Waals surface area contributed by atoms with Crippen LogP contribution in [0.4, 0.5) is 0 Å². The molecule has 0 aromatic carbocycles. The van der Waals surface area contributed by atoms with Crippen LogP contribution in [0.5, 0.6) is 0 Å². The van der Waals surface area contributed by atoms with Gasteiger partial charge >= 0.3 is 0 Å². The maximum atomic E-state index is 11.8. The Labute approximate surface area is 105 Å². The number of hydrogen-bond donors (Lipinski definition) is 2. The van der Waals surface area contributed by atoms with Gasteiger partial charge in [-0.15, -0.1) is 0 Å². The normalized spacial score (nSPS) is 27.2. The second-order valence-corrected chi connectivity index (χ2v) is 6.13. The highest BCUT2D eigenvalue weighted by Gasteiger charge is 2.28. The van der Waals surface area contributed by atoms with Crippen molar-refractivity contribution in [2.75, 3.05) is 13.1 Å². The van der Waals surface area contributed by atoms with Crippen molar-refractivity contribution in [3.63, 3.8) is 0 Å². The van der Waals surface area contributed by atoms with Gasteiger partial charge in [-0.3, -0.25) is 4.79 Å². The van der Waals surface area contributed by atoms with Gasteiger partial charge in [0.1, 0.15) is 0 Å². The summed E-state index contributed by atoms with van der Waals surface area (Å²) in [5.74, 6) is 0.242. The van der Waals surface area contributed by atoms with E-state index >= 15 is 0 Å². The zero-order chi connectivity index (χ0) is 12.1. The first-order chi connectivity index (χ1) is 8.18. The van der Waals surface area contributed by atoms with Crippen LogP contribution in [0.25, 0.3) is 0 Å². The fourth-order valence-electron chi connectivity index (χ4n) is 3.11. The molecule has 1 saturated carbocycles. The van der Waals surface area contributed by atoms with Crippen LogP contribution in [0.1, 0.15) is 58.3 Å². The number of rotatable bonds is 5. The van der Waals surface area contributed by atoms with E-state index < -0.39 is 0 Å². The first kappa shape index (κ1) is 12.9. The van der Waals surface area contributed by atoms with Crippen LogP contribution in [0.3, 0.4) is 0 Å². The van der Waals surface area contributed by atoms with E-state index in [-0.39, 0.29) is 5.91 Å². The van der Waals surface area contributed by atoms with E-state index in [9.17, 15) is 4.79 Å². The minimum Gasteiger partial charge on any atom is -0.356 e. The van der Waals surface area contributed by atoms with Crippen LogP contribution in [0, 0.1) is 5.41 Å². The lowest BCUT2D eigenvalue weighted by Crippen LogP contribution is -2.34. The number of nitrogens with one attached hydrogen (secondary N) is 2. The molecule has 0 radical (unpaired) electrons. The van der Waals surface area contributed by atoms with Gasteiger partial charge in [0.25, 0.3) is 0 Å². The summed E-state index contributed by atoms with van der Waals surface area (Å²) in [6.07, 6.45) is 9.41. The molecule has 3 heteroatoms. The number of carbonyl (C=O) groups excluding carboxylic acids is 1. The fraction of sp³-hybridized carbons (Fsp3) is 0.929. The molecule has 2 rings (SSSR count). The predicted octanol–water partition coefficient (Wildman–Crippen LogP) is 2.22. The van der Waals surface area contributed by atoms with Crippen molar-refractivity contribution in [1.82, 2.24) is 10.6 Å². The number of amides is 1. The Morgan fingerprint density at radius 2 is 2.12 bits per heavy atom. The number of carbonyl (C=O) groups is 1. The molecule has 3 nitrogen and oxygen atoms in total. The van der Waals surface area contributed by atoms with Crippen molar-refractivity contribution in [2.24, 2.45) is 5.41 Å². The summed E-state index contributed by atoms with van der Waals surface area (Å²) < 4.78 is 0. The van der Waals surface area contributed by atoms with E-state index in [4.69, 9.17) is 0 Å². The third kappa shape index (κ3) is 3.98. The van der Waals surface area contributed by atoms with Gasteiger partial charge in [0.15, 0.2) is 0 Å². The second-order valence-electron chi connectivity index (χ2n) is 6.13. The first-order valence-corrected chi connectivity index (χ1v) is 7.18. The van der Waals surface area contributed by atoms with E-state index in [0.717, 1.165) is 19.5 Å². The van der Waals surface area contributed by atoms with Crippen LogP contribution >= 0.6 is 0 Å². The quantitative estimate of drug-likeness (QED) is 0.771. The first-order valence-electron chi connectivity index (χ1n) is 7.18. The second kappa shape index (κ2) is 5.85. The highest BCUT2D eigenvalue weighted by Crippen LogP contribution is 2.36. The van der Waals surface area contributed by atoms with Crippen molar-refractivity contribution in [2.45, 2.75) is 64.3 Å². The molecule has 1 aliphatic carbocycles. The average molecular weight is 238 g/mol. The Morgan fingerprint density at radius 1 is 1.35 bits per heavy atom. The van der Waals surface area contributed by atoms with Crippen LogP contribution in [0.2, 0.25) is 0 Å². The molecule has 1 unspecified atom stereocenters. The summed E-state index contributed by atoms with van der Waals surface area (Å²) in [6.45, 7) is 4.31. The highest BCUT2D eigenvalue weighted by molar-refractivity contribution is 5.75. The standard InChI is InChI=1S/C14H26N2O/c1-14(8-2-3-9-14)11-16-13(17)7-6-12-5-4-10-15-12/h12,15H,2-11H2,1H3,(H,16,17). The predicted molar refractivity (Wildman–Crippen MR) is 69.8 cm³/mol. The largest absolute Gasteiger partial charge is 0.356 e. The molecule has 0 spiro atoms. The summed E-state index contributed by atoms with van der Waals surface area (Å²) >= 11 is 0. The van der Waals surface area contributed by atoms with Crippen molar-refractivity contribution >= 4 is 5.91 Å². The Bertz CT molecular complexity index is 253. The molecule has 2 aliphatic rings. The van der Waals surface area contributed by atoms with Gasteiger partial charge in [-0.2, -0.15) is 0 Å². The summed E-state index contributed by atoms with van der Waals surface area (Å²) in [6, 6.07) is 0.586. The van der Waals surface area contributed by atoms with E-state index in [1.165, 1.54) is 38.5 Å². The molecule has 0 aromatic rings. The van der Waals surface area contributed by atoms with Gasteiger partial charge in [0, 0.05) is 19.0 Å². The molecule has 1 atom stereocenters. The highest BCUT2D eigenvalue weighted by atomic mass is 16.1. The molecule has 98 valence electrons. The number of hydrogen-bond acceptors (Lipinski definition) is 2. The van der Waals surface area contributed by atoms with Gasteiger partial charge in [0.05, 0.1) is 0 Å². The van der Waals surface area contributed by atoms with E-state index in [1.807, 2.05) is 0 Å². The molecular formula is C14H26N2O. The molecule has 1 saturated heterocycles. The summed E-state index contributed by atoms with van der Waals surface area (Å²) in [7, 11) is 0. The Morgan fingerprint density at radius 3 is 2.76 bits per heavy atom. The molecule has 2 fully saturated rings. The Balaban J connectivity index is 1.60. The molecule has 0 aromatic heterocycles. The Hall–Kier alpha value is -0.570.